The van der Waals surface area contributed by atoms with Crippen molar-refractivity contribution < 1.29 is 19.7 Å². The van der Waals surface area contributed by atoms with Crippen LogP contribution in [0.3, 0.4) is 0 Å². The molecular formula is C15H9BrO5. The fourth-order valence-electron chi connectivity index (χ4n) is 2.07. The lowest BCUT2D eigenvalue weighted by Crippen LogP contribution is -2.01. The molecule has 0 bridgehead atoms. The Morgan fingerprint density at radius 2 is 1.71 bits per heavy atom. The molecule has 0 aliphatic heterocycles. The van der Waals surface area contributed by atoms with E-state index in [2.05, 4.69) is 15.9 Å². The Balaban J connectivity index is 2.38. The monoisotopic (exact) mass is 348 g/mol. The first-order valence-corrected chi connectivity index (χ1v) is 6.75. The Morgan fingerprint density at radius 3 is 2.43 bits per heavy atom. The van der Waals surface area contributed by atoms with Crippen LogP contribution in [0.5, 0.6) is 17.2 Å². The van der Waals surface area contributed by atoms with Gasteiger partial charge in [-0.15, -0.1) is 0 Å². The second kappa shape index (κ2) is 4.82. The number of halogens is 1. The quantitative estimate of drug-likeness (QED) is 0.586. The predicted octanol–water partition coefficient (Wildman–Crippen LogP) is 3.34. The Hall–Kier alpha value is -2.47. The maximum Gasteiger partial charge on any atom is 0.201 e. The number of hydrogen-bond donors (Lipinski definition) is 3. The Bertz CT molecular complexity index is 914. The van der Waals surface area contributed by atoms with Crippen LogP contribution in [0.4, 0.5) is 0 Å². The average Bonchev–Trinajstić information content (AvgIpc) is 2.44. The molecule has 2 aromatic carbocycles. The summed E-state index contributed by atoms with van der Waals surface area (Å²) in [6.07, 6.45) is 0. The molecule has 0 saturated carbocycles. The van der Waals surface area contributed by atoms with Crippen molar-refractivity contribution in [2.24, 2.45) is 0 Å². The average molecular weight is 349 g/mol. The molecule has 5 nitrogen and oxygen atoms in total. The van der Waals surface area contributed by atoms with Crippen molar-refractivity contribution in [3.63, 3.8) is 0 Å². The van der Waals surface area contributed by atoms with Crippen molar-refractivity contribution in [2.75, 3.05) is 0 Å². The fraction of sp³-hybridized carbons (Fsp3) is 0. The lowest BCUT2D eigenvalue weighted by atomic mass is 10.1. The van der Waals surface area contributed by atoms with E-state index in [9.17, 15) is 20.1 Å². The molecule has 0 radical (unpaired) electrons. The zero-order valence-corrected chi connectivity index (χ0v) is 12.1. The van der Waals surface area contributed by atoms with Crippen molar-refractivity contribution in [3.8, 4) is 28.6 Å². The van der Waals surface area contributed by atoms with E-state index in [1.54, 1.807) is 18.2 Å². The first kappa shape index (κ1) is 13.5. The molecule has 6 heteroatoms. The highest BCUT2D eigenvalue weighted by Crippen LogP contribution is 2.40. The van der Waals surface area contributed by atoms with Crippen LogP contribution in [-0.4, -0.2) is 15.3 Å². The second-order valence-corrected chi connectivity index (χ2v) is 5.28. The van der Waals surface area contributed by atoms with E-state index in [0.29, 0.717) is 5.56 Å². The normalized spacial score (nSPS) is 10.9. The van der Waals surface area contributed by atoms with Gasteiger partial charge in [-0.05, 0) is 6.07 Å². The molecule has 3 aromatic rings. The van der Waals surface area contributed by atoms with Crippen molar-refractivity contribution in [2.45, 2.75) is 0 Å². The van der Waals surface area contributed by atoms with Gasteiger partial charge in [0, 0.05) is 22.2 Å². The standard InChI is InChI=1S/C15H9BrO5/c16-8-4-2-1-3-7(8)11-5-9(17)13-12(21-11)6-10(18)14(19)15(13)20/h1-6,18-20H. The number of benzene rings is 2. The summed E-state index contributed by atoms with van der Waals surface area (Å²) in [5.74, 6) is -1.72. The summed E-state index contributed by atoms with van der Waals surface area (Å²) >= 11 is 3.36. The minimum atomic E-state index is -0.747. The van der Waals surface area contributed by atoms with E-state index < -0.39 is 22.7 Å². The largest absolute Gasteiger partial charge is 0.504 e. The molecule has 3 rings (SSSR count). The lowest BCUT2D eigenvalue weighted by molar-refractivity contribution is 0.370. The van der Waals surface area contributed by atoms with Crippen LogP contribution >= 0.6 is 15.9 Å². The summed E-state index contributed by atoms with van der Waals surface area (Å²) in [6, 6.07) is 9.48. The van der Waals surface area contributed by atoms with Gasteiger partial charge in [-0.2, -0.15) is 0 Å². The van der Waals surface area contributed by atoms with E-state index in [1.165, 1.54) is 6.07 Å². The zero-order valence-electron chi connectivity index (χ0n) is 10.5. The van der Waals surface area contributed by atoms with Crippen LogP contribution in [0, 0.1) is 0 Å². The van der Waals surface area contributed by atoms with Crippen LogP contribution in [0.1, 0.15) is 0 Å². The number of phenols is 3. The van der Waals surface area contributed by atoms with E-state index in [0.717, 1.165) is 10.5 Å². The highest BCUT2D eigenvalue weighted by atomic mass is 79.9. The van der Waals surface area contributed by atoms with Gasteiger partial charge in [0.15, 0.2) is 16.9 Å². The van der Waals surface area contributed by atoms with Crippen molar-refractivity contribution in [1.29, 1.82) is 0 Å². The summed E-state index contributed by atoms with van der Waals surface area (Å²) in [7, 11) is 0. The highest BCUT2D eigenvalue weighted by molar-refractivity contribution is 9.10. The van der Waals surface area contributed by atoms with Crippen molar-refractivity contribution >= 4 is 26.9 Å². The number of phenolic OH excluding ortho intramolecular Hbond substituents is 3. The number of hydrogen-bond acceptors (Lipinski definition) is 5. The third-order valence-electron chi connectivity index (χ3n) is 3.09. The zero-order chi connectivity index (χ0) is 15.1. The summed E-state index contributed by atoms with van der Waals surface area (Å²) < 4.78 is 6.30. The Morgan fingerprint density at radius 1 is 1.00 bits per heavy atom. The van der Waals surface area contributed by atoms with Gasteiger partial charge in [0.1, 0.15) is 16.7 Å². The molecule has 0 amide bonds. The van der Waals surface area contributed by atoms with Crippen LogP contribution in [0.25, 0.3) is 22.3 Å². The Labute approximate surface area is 126 Å². The van der Waals surface area contributed by atoms with E-state index in [4.69, 9.17) is 4.42 Å². The minimum absolute atomic E-state index is 0.0129. The van der Waals surface area contributed by atoms with E-state index in [1.807, 2.05) is 6.07 Å². The summed E-state index contributed by atoms with van der Waals surface area (Å²) in [6.45, 7) is 0. The molecule has 106 valence electrons. The van der Waals surface area contributed by atoms with Gasteiger partial charge < -0.3 is 19.7 Å². The predicted molar refractivity (Wildman–Crippen MR) is 80.6 cm³/mol. The maximum atomic E-state index is 12.1. The molecule has 21 heavy (non-hydrogen) atoms. The molecular weight excluding hydrogens is 340 g/mol. The molecule has 0 unspecified atom stereocenters. The van der Waals surface area contributed by atoms with Gasteiger partial charge in [0.05, 0.1) is 0 Å². The molecule has 0 spiro atoms. The molecule has 1 heterocycles. The maximum absolute atomic E-state index is 12.1. The van der Waals surface area contributed by atoms with Gasteiger partial charge in [0.25, 0.3) is 0 Å². The summed E-state index contributed by atoms with van der Waals surface area (Å²) in [5.41, 5.74) is 0.124. The SMILES string of the molecule is O=c1cc(-c2ccccc2Br)oc2cc(O)c(O)c(O)c12. The van der Waals surface area contributed by atoms with Gasteiger partial charge in [-0.1, -0.05) is 34.1 Å². The molecule has 0 aliphatic rings. The highest BCUT2D eigenvalue weighted by Gasteiger charge is 2.17. The molecule has 1 aromatic heterocycles. The van der Waals surface area contributed by atoms with Crippen LogP contribution in [0.15, 0.2) is 50.1 Å². The molecule has 0 saturated heterocycles. The van der Waals surface area contributed by atoms with Gasteiger partial charge >= 0.3 is 0 Å². The lowest BCUT2D eigenvalue weighted by Gasteiger charge is -2.08. The Kier molecular flexibility index (Phi) is 3.10. The fourth-order valence-corrected chi connectivity index (χ4v) is 2.55. The molecule has 0 atom stereocenters. The van der Waals surface area contributed by atoms with Crippen LogP contribution < -0.4 is 5.43 Å². The van der Waals surface area contributed by atoms with Gasteiger partial charge in [-0.25, -0.2) is 0 Å². The van der Waals surface area contributed by atoms with Gasteiger partial charge in [-0.3, -0.25) is 4.79 Å². The third-order valence-corrected chi connectivity index (χ3v) is 3.78. The van der Waals surface area contributed by atoms with Crippen molar-refractivity contribution in [1.82, 2.24) is 0 Å². The molecule has 0 aliphatic carbocycles. The smallest absolute Gasteiger partial charge is 0.201 e. The molecule has 3 N–H and O–H groups in total. The minimum Gasteiger partial charge on any atom is -0.504 e. The second-order valence-electron chi connectivity index (χ2n) is 4.42. The first-order valence-electron chi connectivity index (χ1n) is 5.95. The van der Waals surface area contributed by atoms with E-state index in [-0.39, 0.29) is 16.7 Å². The molecule has 0 fully saturated rings. The van der Waals surface area contributed by atoms with Crippen LogP contribution in [-0.2, 0) is 0 Å². The van der Waals surface area contributed by atoms with E-state index >= 15 is 0 Å². The first-order chi connectivity index (χ1) is 9.99. The number of rotatable bonds is 1. The van der Waals surface area contributed by atoms with Crippen LogP contribution in [0.2, 0.25) is 0 Å². The van der Waals surface area contributed by atoms with Crippen molar-refractivity contribution in [3.05, 3.63) is 51.1 Å². The summed E-state index contributed by atoms with van der Waals surface area (Å²) in [5, 5.41) is 28.6. The number of aromatic hydroxyl groups is 3. The van der Waals surface area contributed by atoms with Gasteiger partial charge in [0.2, 0.25) is 5.75 Å². The number of fused-ring (bicyclic) bond motifs is 1. The topological polar surface area (TPSA) is 90.9 Å². The summed E-state index contributed by atoms with van der Waals surface area (Å²) in [4.78, 5) is 12.1. The third kappa shape index (κ3) is 2.13.